The van der Waals surface area contributed by atoms with Gasteiger partial charge in [0.25, 0.3) is 0 Å². The van der Waals surface area contributed by atoms with Gasteiger partial charge >= 0.3 is 0 Å². The van der Waals surface area contributed by atoms with Gasteiger partial charge in [0.15, 0.2) is 0 Å². The predicted molar refractivity (Wildman–Crippen MR) is 75.9 cm³/mol. The SMILES string of the molecule is CC(C)CC(CN)CNCC1C(C)(C)C1(C)C. The first kappa shape index (κ1) is 15.0. The molecule has 3 N–H and O–H groups in total. The minimum absolute atomic E-state index is 0.496. The van der Waals surface area contributed by atoms with E-state index in [-0.39, 0.29) is 0 Å². The normalized spacial score (nSPS) is 24.0. The van der Waals surface area contributed by atoms with Crippen molar-refractivity contribution in [3.63, 3.8) is 0 Å². The second-order valence-corrected chi connectivity index (χ2v) is 7.39. The van der Waals surface area contributed by atoms with Crippen molar-refractivity contribution >= 4 is 0 Å². The molecule has 0 aliphatic heterocycles. The molecule has 17 heavy (non-hydrogen) atoms. The monoisotopic (exact) mass is 240 g/mol. The summed E-state index contributed by atoms with van der Waals surface area (Å²) in [4.78, 5) is 0. The van der Waals surface area contributed by atoms with Crippen molar-refractivity contribution in [1.29, 1.82) is 0 Å². The molecule has 1 aliphatic rings. The average molecular weight is 240 g/mol. The van der Waals surface area contributed by atoms with Crippen LogP contribution in [-0.4, -0.2) is 19.6 Å². The van der Waals surface area contributed by atoms with Gasteiger partial charge in [-0.3, -0.25) is 0 Å². The van der Waals surface area contributed by atoms with Gasteiger partial charge in [-0.2, -0.15) is 0 Å². The van der Waals surface area contributed by atoms with Gasteiger partial charge in [0.1, 0.15) is 0 Å². The maximum Gasteiger partial charge on any atom is -0.000824 e. The quantitative estimate of drug-likeness (QED) is 0.718. The van der Waals surface area contributed by atoms with Crippen LogP contribution in [-0.2, 0) is 0 Å². The zero-order valence-electron chi connectivity index (χ0n) is 12.6. The molecule has 0 saturated heterocycles. The summed E-state index contributed by atoms with van der Waals surface area (Å²) in [5.41, 5.74) is 6.81. The molecule has 1 saturated carbocycles. The zero-order valence-corrected chi connectivity index (χ0v) is 12.6. The molecule has 1 aliphatic carbocycles. The van der Waals surface area contributed by atoms with Crippen LogP contribution in [0.15, 0.2) is 0 Å². The van der Waals surface area contributed by atoms with E-state index in [4.69, 9.17) is 5.73 Å². The average Bonchev–Trinajstić information content (AvgIpc) is 2.58. The lowest BCUT2D eigenvalue weighted by molar-refractivity contribution is 0.384. The van der Waals surface area contributed by atoms with Gasteiger partial charge in [-0.15, -0.1) is 0 Å². The van der Waals surface area contributed by atoms with Crippen LogP contribution >= 0.6 is 0 Å². The Morgan fingerprint density at radius 2 is 1.65 bits per heavy atom. The van der Waals surface area contributed by atoms with Crippen LogP contribution in [0.1, 0.15) is 48.0 Å². The van der Waals surface area contributed by atoms with E-state index in [1.807, 2.05) is 0 Å². The Kier molecular flexibility index (Phi) is 4.65. The Morgan fingerprint density at radius 3 is 2.00 bits per heavy atom. The Bertz CT molecular complexity index is 229. The maximum absolute atomic E-state index is 5.82. The van der Waals surface area contributed by atoms with Crippen molar-refractivity contribution in [2.24, 2.45) is 34.3 Å². The molecule has 1 fully saturated rings. The minimum Gasteiger partial charge on any atom is -0.330 e. The van der Waals surface area contributed by atoms with Gasteiger partial charge < -0.3 is 11.1 Å². The molecule has 0 aromatic rings. The third-order valence-corrected chi connectivity index (χ3v) is 5.24. The van der Waals surface area contributed by atoms with Gasteiger partial charge in [0.2, 0.25) is 0 Å². The highest BCUT2D eigenvalue weighted by molar-refractivity contribution is 5.12. The standard InChI is InChI=1S/C15H32N2/c1-11(2)7-12(8-16)9-17-10-13-14(3,4)15(13,5)6/h11-13,17H,7-10,16H2,1-6H3. The van der Waals surface area contributed by atoms with Crippen molar-refractivity contribution in [2.45, 2.75) is 48.0 Å². The van der Waals surface area contributed by atoms with Crippen molar-refractivity contribution in [2.75, 3.05) is 19.6 Å². The second-order valence-electron chi connectivity index (χ2n) is 7.39. The molecule has 0 spiro atoms. The van der Waals surface area contributed by atoms with E-state index < -0.39 is 0 Å². The zero-order chi connectivity index (χ0) is 13.3. The largest absolute Gasteiger partial charge is 0.330 e. The van der Waals surface area contributed by atoms with E-state index >= 15 is 0 Å². The molecule has 102 valence electrons. The molecule has 1 unspecified atom stereocenters. The van der Waals surface area contributed by atoms with Crippen LogP contribution < -0.4 is 11.1 Å². The first-order chi connectivity index (χ1) is 7.73. The summed E-state index contributed by atoms with van der Waals surface area (Å²) in [6, 6.07) is 0. The first-order valence-electron chi connectivity index (χ1n) is 7.14. The maximum atomic E-state index is 5.82. The van der Waals surface area contributed by atoms with Crippen LogP contribution in [0.2, 0.25) is 0 Å². The summed E-state index contributed by atoms with van der Waals surface area (Å²) < 4.78 is 0. The minimum atomic E-state index is 0.496. The Balaban J connectivity index is 2.25. The third-order valence-electron chi connectivity index (χ3n) is 5.24. The molecule has 0 heterocycles. The van der Waals surface area contributed by atoms with Crippen molar-refractivity contribution in [3.8, 4) is 0 Å². The summed E-state index contributed by atoms with van der Waals surface area (Å²) in [5, 5.41) is 3.63. The van der Waals surface area contributed by atoms with Gasteiger partial charge in [-0.1, -0.05) is 41.5 Å². The molecular formula is C15H32N2. The summed E-state index contributed by atoms with van der Waals surface area (Å²) >= 11 is 0. The van der Waals surface area contributed by atoms with Crippen molar-refractivity contribution in [3.05, 3.63) is 0 Å². The molecule has 0 amide bonds. The fourth-order valence-corrected chi connectivity index (χ4v) is 3.20. The smallest absolute Gasteiger partial charge is 0.000824 e. The number of hydrogen-bond donors (Lipinski definition) is 2. The van der Waals surface area contributed by atoms with Crippen LogP contribution in [0.25, 0.3) is 0 Å². The van der Waals surface area contributed by atoms with Gasteiger partial charge in [0.05, 0.1) is 0 Å². The van der Waals surface area contributed by atoms with Crippen molar-refractivity contribution in [1.82, 2.24) is 5.32 Å². The Morgan fingerprint density at radius 1 is 1.12 bits per heavy atom. The van der Waals surface area contributed by atoms with Gasteiger partial charge in [-0.05, 0) is 54.6 Å². The molecule has 0 bridgehead atoms. The summed E-state index contributed by atoms with van der Waals surface area (Å²) in [7, 11) is 0. The lowest BCUT2D eigenvalue weighted by Gasteiger charge is -2.18. The molecule has 2 nitrogen and oxygen atoms in total. The Hall–Kier alpha value is -0.0800. The third kappa shape index (κ3) is 3.23. The van der Waals surface area contributed by atoms with E-state index in [1.165, 1.54) is 6.42 Å². The summed E-state index contributed by atoms with van der Waals surface area (Å²) in [6.07, 6.45) is 1.24. The lowest BCUT2D eigenvalue weighted by atomic mass is 9.97. The number of nitrogens with two attached hydrogens (primary N) is 1. The molecule has 2 heteroatoms. The molecule has 0 radical (unpaired) electrons. The highest BCUT2D eigenvalue weighted by Crippen LogP contribution is 2.67. The molecular weight excluding hydrogens is 208 g/mol. The molecule has 0 aromatic heterocycles. The van der Waals surface area contributed by atoms with Gasteiger partial charge in [-0.25, -0.2) is 0 Å². The topological polar surface area (TPSA) is 38.0 Å². The fraction of sp³-hybridized carbons (Fsp3) is 1.00. The predicted octanol–water partition coefficient (Wildman–Crippen LogP) is 2.88. The van der Waals surface area contributed by atoms with E-state index in [0.29, 0.717) is 16.7 Å². The Labute approximate surface area is 108 Å². The molecule has 0 aromatic carbocycles. The molecule has 1 atom stereocenters. The summed E-state index contributed by atoms with van der Waals surface area (Å²) in [6.45, 7) is 17.1. The number of rotatable bonds is 7. The highest BCUT2D eigenvalue weighted by Gasteiger charge is 2.63. The second kappa shape index (κ2) is 5.27. The van der Waals surface area contributed by atoms with E-state index in [2.05, 4.69) is 46.9 Å². The molecule has 1 rings (SSSR count). The lowest BCUT2D eigenvalue weighted by Crippen LogP contribution is -2.31. The highest BCUT2D eigenvalue weighted by atomic mass is 14.9. The first-order valence-corrected chi connectivity index (χ1v) is 7.14. The summed E-state index contributed by atoms with van der Waals surface area (Å²) in [5.74, 6) is 2.20. The van der Waals surface area contributed by atoms with Crippen LogP contribution in [0.3, 0.4) is 0 Å². The fourth-order valence-electron chi connectivity index (χ4n) is 3.20. The van der Waals surface area contributed by atoms with Crippen LogP contribution in [0.5, 0.6) is 0 Å². The van der Waals surface area contributed by atoms with Crippen LogP contribution in [0.4, 0.5) is 0 Å². The van der Waals surface area contributed by atoms with Crippen LogP contribution in [0, 0.1) is 28.6 Å². The van der Waals surface area contributed by atoms with E-state index in [1.54, 1.807) is 0 Å². The van der Waals surface area contributed by atoms with E-state index in [0.717, 1.165) is 31.5 Å². The van der Waals surface area contributed by atoms with Gasteiger partial charge in [0, 0.05) is 0 Å². The van der Waals surface area contributed by atoms with E-state index in [9.17, 15) is 0 Å². The number of hydrogen-bond acceptors (Lipinski definition) is 2. The number of nitrogens with one attached hydrogen (secondary N) is 1. The van der Waals surface area contributed by atoms with Crippen molar-refractivity contribution < 1.29 is 0 Å².